The lowest BCUT2D eigenvalue weighted by molar-refractivity contribution is 0.286. The van der Waals surface area contributed by atoms with Gasteiger partial charge in [-0.2, -0.15) is 0 Å². The molecule has 134 valence electrons. The molecule has 0 amide bonds. The van der Waals surface area contributed by atoms with Crippen LogP contribution >= 0.6 is 12.2 Å². The predicted molar refractivity (Wildman–Crippen MR) is 107 cm³/mol. The molecule has 1 aromatic carbocycles. The van der Waals surface area contributed by atoms with Crippen LogP contribution < -0.4 is 10.1 Å². The fraction of sp³-hybridized carbons (Fsp3) is 0.368. The molecule has 0 aliphatic carbocycles. The summed E-state index contributed by atoms with van der Waals surface area (Å²) in [6.07, 6.45) is 1.81. The molecular formula is C19H26N4OS. The van der Waals surface area contributed by atoms with Crippen LogP contribution in [0.5, 0.6) is 5.75 Å². The Balaban J connectivity index is 2.20. The molecule has 0 aliphatic rings. The molecule has 0 saturated carbocycles. The van der Waals surface area contributed by atoms with Gasteiger partial charge in [-0.05, 0) is 57.5 Å². The Morgan fingerprint density at radius 3 is 2.52 bits per heavy atom. The Hall–Kier alpha value is -2.18. The number of nitrogens with zero attached hydrogens (tertiary/aromatic N) is 3. The second-order valence-corrected chi connectivity index (χ2v) is 6.44. The average Bonchev–Trinajstić information content (AvgIpc) is 2.62. The van der Waals surface area contributed by atoms with Crippen molar-refractivity contribution in [2.24, 2.45) is 0 Å². The van der Waals surface area contributed by atoms with Gasteiger partial charge in [0.2, 0.25) is 0 Å². The van der Waals surface area contributed by atoms with E-state index in [1.54, 1.807) is 7.11 Å². The number of likely N-dealkylation sites (N-methyl/N-ethyl adjacent to an activating group) is 1. The molecule has 1 atom stereocenters. The third-order valence-corrected chi connectivity index (χ3v) is 4.32. The maximum atomic E-state index is 5.71. The standard InChI is InChI=1S/C19H26N4OS/c1-15(16-9-7-8-12-20-16)23(14-13-22(2)3)19(25)21-17-10-5-6-11-18(17)24-4/h5-12,15H,13-14H2,1-4H3,(H,21,25)/t15-/m0/s1. The van der Waals surface area contributed by atoms with Gasteiger partial charge in [0, 0.05) is 19.3 Å². The van der Waals surface area contributed by atoms with Gasteiger partial charge in [0.25, 0.3) is 0 Å². The molecule has 0 saturated heterocycles. The number of hydrogen-bond donors (Lipinski definition) is 1. The van der Waals surface area contributed by atoms with Crippen LogP contribution in [0.2, 0.25) is 0 Å². The first kappa shape index (κ1) is 19.1. The van der Waals surface area contributed by atoms with Gasteiger partial charge in [-0.3, -0.25) is 4.98 Å². The van der Waals surface area contributed by atoms with Crippen LogP contribution in [0.4, 0.5) is 5.69 Å². The fourth-order valence-electron chi connectivity index (χ4n) is 2.50. The molecule has 1 N–H and O–H groups in total. The van der Waals surface area contributed by atoms with Gasteiger partial charge in [-0.1, -0.05) is 18.2 Å². The van der Waals surface area contributed by atoms with Crippen molar-refractivity contribution >= 4 is 23.0 Å². The van der Waals surface area contributed by atoms with Gasteiger partial charge in [0.05, 0.1) is 24.5 Å². The Morgan fingerprint density at radius 2 is 1.88 bits per heavy atom. The number of benzene rings is 1. The highest BCUT2D eigenvalue weighted by atomic mass is 32.1. The molecule has 25 heavy (non-hydrogen) atoms. The van der Waals surface area contributed by atoms with Crippen molar-refractivity contribution in [1.29, 1.82) is 0 Å². The second kappa shape index (κ2) is 9.34. The zero-order chi connectivity index (χ0) is 18.2. The largest absolute Gasteiger partial charge is 0.495 e. The Kier molecular flexibility index (Phi) is 7.16. The summed E-state index contributed by atoms with van der Waals surface area (Å²) in [5.41, 5.74) is 1.85. The molecule has 0 fully saturated rings. The van der Waals surface area contributed by atoms with E-state index in [4.69, 9.17) is 17.0 Å². The summed E-state index contributed by atoms with van der Waals surface area (Å²) >= 11 is 5.71. The zero-order valence-electron chi connectivity index (χ0n) is 15.3. The minimum absolute atomic E-state index is 0.0656. The molecular weight excluding hydrogens is 332 g/mol. The van der Waals surface area contributed by atoms with Crippen molar-refractivity contribution in [3.05, 3.63) is 54.4 Å². The van der Waals surface area contributed by atoms with E-state index >= 15 is 0 Å². The van der Waals surface area contributed by atoms with Crippen molar-refractivity contribution in [1.82, 2.24) is 14.8 Å². The summed E-state index contributed by atoms with van der Waals surface area (Å²) in [6, 6.07) is 13.8. The summed E-state index contributed by atoms with van der Waals surface area (Å²) in [4.78, 5) is 8.78. The van der Waals surface area contributed by atoms with Crippen LogP contribution in [-0.4, -0.2) is 54.2 Å². The third kappa shape index (κ3) is 5.41. The van der Waals surface area contributed by atoms with Crippen LogP contribution in [0.25, 0.3) is 0 Å². The van der Waals surface area contributed by atoms with Gasteiger partial charge >= 0.3 is 0 Å². The smallest absolute Gasteiger partial charge is 0.174 e. The first-order chi connectivity index (χ1) is 12.0. The number of methoxy groups -OCH3 is 1. The van der Waals surface area contributed by atoms with E-state index in [-0.39, 0.29) is 6.04 Å². The lowest BCUT2D eigenvalue weighted by Gasteiger charge is -2.32. The zero-order valence-corrected chi connectivity index (χ0v) is 16.1. The molecule has 0 aliphatic heterocycles. The summed E-state index contributed by atoms with van der Waals surface area (Å²) in [5.74, 6) is 0.767. The van der Waals surface area contributed by atoms with Gasteiger partial charge in [-0.15, -0.1) is 0 Å². The monoisotopic (exact) mass is 358 g/mol. The number of hydrogen-bond acceptors (Lipinski definition) is 4. The first-order valence-electron chi connectivity index (χ1n) is 8.29. The van der Waals surface area contributed by atoms with Crippen LogP contribution in [-0.2, 0) is 0 Å². The number of rotatable bonds is 7. The van der Waals surface area contributed by atoms with E-state index < -0.39 is 0 Å². The van der Waals surface area contributed by atoms with Gasteiger partial charge in [0.15, 0.2) is 5.11 Å². The Morgan fingerprint density at radius 1 is 1.16 bits per heavy atom. The van der Waals surface area contributed by atoms with Crippen molar-refractivity contribution in [3.63, 3.8) is 0 Å². The highest BCUT2D eigenvalue weighted by molar-refractivity contribution is 7.80. The number of pyridine rings is 1. The molecule has 2 rings (SSSR count). The van der Waals surface area contributed by atoms with Crippen molar-refractivity contribution in [2.75, 3.05) is 39.6 Å². The molecule has 0 radical (unpaired) electrons. The molecule has 0 unspecified atom stereocenters. The average molecular weight is 359 g/mol. The molecule has 0 bridgehead atoms. The number of para-hydroxylation sites is 2. The maximum Gasteiger partial charge on any atom is 0.174 e. The molecule has 2 aromatic rings. The van der Waals surface area contributed by atoms with Crippen LogP contribution in [0.15, 0.2) is 48.7 Å². The third-order valence-electron chi connectivity index (χ3n) is 3.98. The number of anilines is 1. The van der Waals surface area contributed by atoms with Gasteiger partial charge < -0.3 is 19.9 Å². The second-order valence-electron chi connectivity index (χ2n) is 6.06. The minimum Gasteiger partial charge on any atom is -0.495 e. The van der Waals surface area contributed by atoms with Crippen LogP contribution in [0, 0.1) is 0 Å². The fourth-order valence-corrected chi connectivity index (χ4v) is 2.86. The van der Waals surface area contributed by atoms with Gasteiger partial charge in [-0.25, -0.2) is 0 Å². The van der Waals surface area contributed by atoms with E-state index in [2.05, 4.69) is 41.1 Å². The highest BCUT2D eigenvalue weighted by Gasteiger charge is 2.20. The maximum absolute atomic E-state index is 5.71. The van der Waals surface area contributed by atoms with E-state index in [0.717, 1.165) is 30.2 Å². The normalized spacial score (nSPS) is 11.9. The van der Waals surface area contributed by atoms with E-state index in [9.17, 15) is 0 Å². The number of aromatic nitrogens is 1. The van der Waals surface area contributed by atoms with Crippen molar-refractivity contribution in [3.8, 4) is 5.75 Å². The first-order valence-corrected chi connectivity index (χ1v) is 8.70. The number of thiocarbonyl (C=S) groups is 1. The Labute approximate surface area is 155 Å². The van der Waals surface area contributed by atoms with E-state index in [1.807, 2.05) is 48.7 Å². The highest BCUT2D eigenvalue weighted by Crippen LogP contribution is 2.25. The van der Waals surface area contributed by atoms with E-state index in [1.165, 1.54) is 0 Å². The SMILES string of the molecule is COc1ccccc1NC(=S)N(CCN(C)C)[C@@H](C)c1ccccn1. The van der Waals surface area contributed by atoms with E-state index in [0.29, 0.717) is 5.11 Å². The molecule has 1 heterocycles. The Bertz CT molecular complexity index is 678. The van der Waals surface area contributed by atoms with Crippen LogP contribution in [0.1, 0.15) is 18.7 Å². The summed E-state index contributed by atoms with van der Waals surface area (Å²) in [5, 5.41) is 3.98. The number of ether oxygens (including phenoxy) is 1. The lowest BCUT2D eigenvalue weighted by atomic mass is 10.2. The molecule has 5 nitrogen and oxygen atoms in total. The number of nitrogens with one attached hydrogen (secondary N) is 1. The summed E-state index contributed by atoms with van der Waals surface area (Å²) < 4.78 is 5.41. The van der Waals surface area contributed by atoms with Crippen LogP contribution in [0.3, 0.4) is 0 Å². The van der Waals surface area contributed by atoms with Crippen molar-refractivity contribution in [2.45, 2.75) is 13.0 Å². The van der Waals surface area contributed by atoms with Gasteiger partial charge in [0.1, 0.15) is 5.75 Å². The summed E-state index contributed by atoms with van der Waals surface area (Å²) in [6.45, 7) is 3.81. The lowest BCUT2D eigenvalue weighted by Crippen LogP contribution is -2.41. The summed E-state index contributed by atoms with van der Waals surface area (Å²) in [7, 11) is 5.77. The predicted octanol–water partition coefficient (Wildman–Crippen LogP) is 3.41. The van der Waals surface area contributed by atoms with Crippen molar-refractivity contribution < 1.29 is 4.74 Å². The molecule has 1 aromatic heterocycles. The minimum atomic E-state index is 0.0656. The molecule has 6 heteroatoms. The quantitative estimate of drug-likeness (QED) is 0.765. The molecule has 0 spiro atoms. The topological polar surface area (TPSA) is 40.6 Å².